The second-order valence-electron chi connectivity index (χ2n) is 2.92. The van der Waals surface area contributed by atoms with Crippen molar-refractivity contribution in [3.8, 4) is 0 Å². The van der Waals surface area contributed by atoms with Crippen LogP contribution in [0, 0.1) is 5.41 Å². The summed E-state index contributed by atoms with van der Waals surface area (Å²) in [7, 11) is 3.73. The van der Waals surface area contributed by atoms with Gasteiger partial charge in [-0.15, -0.1) is 0 Å². The van der Waals surface area contributed by atoms with Gasteiger partial charge in [-0.05, 0) is 13.5 Å². The lowest BCUT2D eigenvalue weighted by atomic mass is 10.3. The third-order valence-corrected chi connectivity index (χ3v) is 1.65. The molecule has 0 saturated carbocycles. The normalized spacial score (nSPS) is 10.6. The fraction of sp³-hybridized carbons (Fsp3) is 0.875. The van der Waals surface area contributed by atoms with Crippen LogP contribution in [0.2, 0.25) is 0 Å². The number of methoxy groups -OCH3 is 1. The summed E-state index contributed by atoms with van der Waals surface area (Å²) >= 11 is 0. The van der Waals surface area contributed by atoms with Crippen LogP contribution in [0.25, 0.3) is 0 Å². The van der Waals surface area contributed by atoms with E-state index in [0.717, 1.165) is 26.1 Å². The van der Waals surface area contributed by atoms with Crippen molar-refractivity contribution in [3.63, 3.8) is 0 Å². The summed E-state index contributed by atoms with van der Waals surface area (Å²) in [6.07, 6.45) is 1.69. The van der Waals surface area contributed by atoms with E-state index in [4.69, 9.17) is 15.9 Å². The number of rotatable bonds is 7. The first-order chi connectivity index (χ1) is 5.66. The standard InChI is InChI=1S/C8H19N3O/c1-11(5-3-7-12-2)6-4-8(9)10/h3-7H2,1-2H3,(H3,9,10). The maximum Gasteiger partial charge on any atom is 0.0918 e. The summed E-state index contributed by atoms with van der Waals surface area (Å²) in [6.45, 7) is 2.66. The highest BCUT2D eigenvalue weighted by atomic mass is 16.5. The molecule has 0 amide bonds. The molecule has 4 nitrogen and oxygen atoms in total. The first kappa shape index (κ1) is 11.4. The van der Waals surface area contributed by atoms with Gasteiger partial charge in [-0.3, -0.25) is 5.41 Å². The van der Waals surface area contributed by atoms with Gasteiger partial charge in [0.2, 0.25) is 0 Å². The molecule has 0 fully saturated rings. The topological polar surface area (TPSA) is 62.3 Å². The first-order valence-corrected chi connectivity index (χ1v) is 4.17. The molecule has 0 aliphatic carbocycles. The zero-order chi connectivity index (χ0) is 9.40. The highest BCUT2D eigenvalue weighted by Gasteiger charge is 1.98. The lowest BCUT2D eigenvalue weighted by Crippen LogP contribution is -2.25. The molecule has 0 spiro atoms. The Balaban J connectivity index is 3.21. The van der Waals surface area contributed by atoms with E-state index in [1.807, 2.05) is 7.05 Å². The molecule has 4 heteroatoms. The number of amidine groups is 1. The lowest BCUT2D eigenvalue weighted by Gasteiger charge is -2.15. The van der Waals surface area contributed by atoms with E-state index in [9.17, 15) is 0 Å². The van der Waals surface area contributed by atoms with Crippen molar-refractivity contribution in [2.24, 2.45) is 5.73 Å². The monoisotopic (exact) mass is 173 g/mol. The number of nitrogens with one attached hydrogen (secondary N) is 1. The fourth-order valence-corrected chi connectivity index (χ4v) is 0.902. The second-order valence-corrected chi connectivity index (χ2v) is 2.92. The molecule has 0 aromatic heterocycles. The van der Waals surface area contributed by atoms with Gasteiger partial charge in [-0.2, -0.15) is 0 Å². The van der Waals surface area contributed by atoms with Crippen LogP contribution in [0.15, 0.2) is 0 Å². The third kappa shape index (κ3) is 7.50. The van der Waals surface area contributed by atoms with Gasteiger partial charge in [0.25, 0.3) is 0 Å². The van der Waals surface area contributed by atoms with Crippen LogP contribution in [0.4, 0.5) is 0 Å². The molecule has 0 heterocycles. The van der Waals surface area contributed by atoms with Crippen molar-refractivity contribution in [2.45, 2.75) is 12.8 Å². The van der Waals surface area contributed by atoms with Crippen molar-refractivity contribution in [2.75, 3.05) is 33.9 Å². The highest BCUT2D eigenvalue weighted by Crippen LogP contribution is 1.90. The number of hydrogen-bond donors (Lipinski definition) is 2. The molecule has 0 atom stereocenters. The quantitative estimate of drug-likeness (QED) is 0.330. The smallest absolute Gasteiger partial charge is 0.0918 e. The summed E-state index contributed by atoms with van der Waals surface area (Å²) in [5.74, 6) is 0.258. The van der Waals surface area contributed by atoms with Gasteiger partial charge in [0.05, 0.1) is 5.84 Å². The Morgan fingerprint density at radius 1 is 1.50 bits per heavy atom. The van der Waals surface area contributed by atoms with Crippen LogP contribution in [0.5, 0.6) is 0 Å². The van der Waals surface area contributed by atoms with E-state index in [-0.39, 0.29) is 5.84 Å². The zero-order valence-corrected chi connectivity index (χ0v) is 7.97. The van der Waals surface area contributed by atoms with Crippen molar-refractivity contribution >= 4 is 5.84 Å². The Hall–Kier alpha value is -0.610. The van der Waals surface area contributed by atoms with Gasteiger partial charge in [-0.25, -0.2) is 0 Å². The Morgan fingerprint density at radius 2 is 2.17 bits per heavy atom. The van der Waals surface area contributed by atoms with E-state index < -0.39 is 0 Å². The maximum absolute atomic E-state index is 7.03. The fourth-order valence-electron chi connectivity index (χ4n) is 0.902. The summed E-state index contributed by atoms with van der Waals surface area (Å²) in [5, 5.41) is 7.03. The Labute approximate surface area is 74.2 Å². The average molecular weight is 173 g/mol. The van der Waals surface area contributed by atoms with Crippen LogP contribution in [-0.2, 0) is 4.74 Å². The SMILES string of the molecule is COCCCN(C)CCC(=N)N. The van der Waals surface area contributed by atoms with E-state index >= 15 is 0 Å². The molecule has 0 aliphatic heterocycles. The van der Waals surface area contributed by atoms with Crippen molar-refractivity contribution in [1.82, 2.24) is 4.90 Å². The molecule has 0 saturated heterocycles. The minimum absolute atomic E-state index is 0.258. The molecule has 0 rings (SSSR count). The average Bonchev–Trinajstić information content (AvgIpc) is 2.01. The summed E-state index contributed by atoms with van der Waals surface area (Å²) in [6, 6.07) is 0. The molecular formula is C8H19N3O. The molecule has 3 N–H and O–H groups in total. The van der Waals surface area contributed by atoms with Crippen LogP contribution >= 0.6 is 0 Å². The molecule has 0 bridgehead atoms. The van der Waals surface area contributed by atoms with Gasteiger partial charge >= 0.3 is 0 Å². The van der Waals surface area contributed by atoms with Crippen molar-refractivity contribution < 1.29 is 4.74 Å². The van der Waals surface area contributed by atoms with Gasteiger partial charge in [0, 0.05) is 33.2 Å². The molecule has 0 aromatic rings. The van der Waals surface area contributed by atoms with Crippen molar-refractivity contribution in [3.05, 3.63) is 0 Å². The lowest BCUT2D eigenvalue weighted by molar-refractivity contribution is 0.180. The molecule has 72 valence electrons. The Kier molecular flexibility index (Phi) is 6.70. The summed E-state index contributed by atoms with van der Waals surface area (Å²) in [5.41, 5.74) is 5.23. The number of ether oxygens (including phenoxy) is 1. The number of nitrogens with zero attached hydrogens (tertiary/aromatic N) is 1. The molecule has 0 radical (unpaired) electrons. The van der Waals surface area contributed by atoms with E-state index in [0.29, 0.717) is 6.42 Å². The van der Waals surface area contributed by atoms with Crippen LogP contribution < -0.4 is 5.73 Å². The predicted octanol–water partition coefficient (Wildman–Crippen LogP) is 0.281. The number of hydrogen-bond acceptors (Lipinski definition) is 3. The van der Waals surface area contributed by atoms with Crippen molar-refractivity contribution in [1.29, 1.82) is 5.41 Å². The van der Waals surface area contributed by atoms with E-state index in [1.165, 1.54) is 0 Å². The minimum Gasteiger partial charge on any atom is -0.388 e. The van der Waals surface area contributed by atoms with E-state index in [2.05, 4.69) is 4.90 Å². The van der Waals surface area contributed by atoms with Crippen LogP contribution in [-0.4, -0.2) is 44.6 Å². The van der Waals surface area contributed by atoms with Crippen LogP contribution in [0.1, 0.15) is 12.8 Å². The maximum atomic E-state index is 7.03. The predicted molar refractivity (Wildman–Crippen MR) is 50.5 cm³/mol. The largest absolute Gasteiger partial charge is 0.388 e. The Morgan fingerprint density at radius 3 is 2.67 bits per heavy atom. The summed E-state index contributed by atoms with van der Waals surface area (Å²) in [4.78, 5) is 2.15. The molecule has 0 unspecified atom stereocenters. The molecular weight excluding hydrogens is 154 g/mol. The third-order valence-electron chi connectivity index (χ3n) is 1.65. The molecule has 0 aromatic carbocycles. The Bertz CT molecular complexity index is 127. The highest BCUT2D eigenvalue weighted by molar-refractivity contribution is 5.76. The van der Waals surface area contributed by atoms with E-state index in [1.54, 1.807) is 7.11 Å². The second kappa shape index (κ2) is 7.06. The zero-order valence-electron chi connectivity index (χ0n) is 7.97. The first-order valence-electron chi connectivity index (χ1n) is 4.17. The van der Waals surface area contributed by atoms with Gasteiger partial charge in [0.1, 0.15) is 0 Å². The van der Waals surface area contributed by atoms with Gasteiger partial charge in [-0.1, -0.05) is 0 Å². The van der Waals surface area contributed by atoms with Gasteiger partial charge in [0.15, 0.2) is 0 Å². The summed E-state index contributed by atoms with van der Waals surface area (Å²) < 4.78 is 4.92. The molecule has 0 aliphatic rings. The van der Waals surface area contributed by atoms with Crippen LogP contribution in [0.3, 0.4) is 0 Å². The molecule has 12 heavy (non-hydrogen) atoms. The minimum atomic E-state index is 0.258. The number of nitrogens with two attached hydrogens (primary N) is 1. The van der Waals surface area contributed by atoms with Gasteiger partial charge < -0.3 is 15.4 Å².